The SMILES string of the molecule is CCOC(=O)Cn1c(=NC(=O)C=Cc2cc(OC)c(OC)c(OC)c2)sc2cc([N+](=O)[O-])ccc21. The first-order chi connectivity index (χ1) is 16.8. The molecule has 0 saturated heterocycles. The molecule has 0 N–H and O–H groups in total. The van der Waals surface area contributed by atoms with Gasteiger partial charge in [-0.1, -0.05) is 11.3 Å². The highest BCUT2D eigenvalue weighted by Crippen LogP contribution is 2.38. The smallest absolute Gasteiger partial charge is 0.326 e. The van der Waals surface area contributed by atoms with Crippen LogP contribution in [-0.4, -0.2) is 49.3 Å². The molecule has 0 aliphatic heterocycles. The van der Waals surface area contributed by atoms with Crippen LogP contribution >= 0.6 is 11.3 Å². The molecule has 0 unspecified atom stereocenters. The van der Waals surface area contributed by atoms with Crippen LogP contribution in [0.5, 0.6) is 17.2 Å². The largest absolute Gasteiger partial charge is 0.493 e. The van der Waals surface area contributed by atoms with Crippen LogP contribution in [0.15, 0.2) is 41.4 Å². The van der Waals surface area contributed by atoms with Gasteiger partial charge in [-0.3, -0.25) is 19.7 Å². The summed E-state index contributed by atoms with van der Waals surface area (Å²) in [5.74, 6) is 0.149. The van der Waals surface area contributed by atoms with Crippen LogP contribution in [0.2, 0.25) is 0 Å². The molecule has 2 aromatic carbocycles. The van der Waals surface area contributed by atoms with Crippen LogP contribution in [0.25, 0.3) is 16.3 Å². The maximum absolute atomic E-state index is 12.7. The normalized spacial score (nSPS) is 11.6. The van der Waals surface area contributed by atoms with E-state index in [4.69, 9.17) is 18.9 Å². The van der Waals surface area contributed by atoms with Crippen molar-refractivity contribution in [3.05, 3.63) is 56.9 Å². The van der Waals surface area contributed by atoms with Crippen molar-refractivity contribution in [3.8, 4) is 17.2 Å². The first-order valence-electron chi connectivity index (χ1n) is 10.3. The highest BCUT2D eigenvalue weighted by Gasteiger charge is 2.15. The van der Waals surface area contributed by atoms with Crippen LogP contribution in [-0.2, 0) is 20.9 Å². The van der Waals surface area contributed by atoms with E-state index in [1.54, 1.807) is 19.1 Å². The molecule has 0 saturated carbocycles. The summed E-state index contributed by atoms with van der Waals surface area (Å²) < 4.78 is 22.9. The third-order valence-electron chi connectivity index (χ3n) is 4.78. The standard InChI is InChI=1S/C23H23N3O8S/c1-5-34-21(28)13-25-16-8-7-15(26(29)30)12-19(16)35-23(25)24-20(27)9-6-14-10-17(31-2)22(33-4)18(11-14)32-3/h6-12H,5,13H2,1-4H3. The predicted molar refractivity (Wildman–Crippen MR) is 129 cm³/mol. The summed E-state index contributed by atoms with van der Waals surface area (Å²) in [6.07, 6.45) is 2.78. The van der Waals surface area contributed by atoms with E-state index in [2.05, 4.69) is 4.99 Å². The summed E-state index contributed by atoms with van der Waals surface area (Å²) in [4.78, 5) is 39.7. The van der Waals surface area contributed by atoms with Crippen molar-refractivity contribution < 1.29 is 33.5 Å². The number of nitro benzene ring substituents is 1. The molecule has 3 aromatic rings. The molecule has 1 aromatic heterocycles. The molecule has 184 valence electrons. The molecule has 0 bridgehead atoms. The Morgan fingerprint density at radius 1 is 1.11 bits per heavy atom. The minimum absolute atomic E-state index is 0.109. The number of amides is 1. The first-order valence-corrected chi connectivity index (χ1v) is 11.1. The van der Waals surface area contributed by atoms with Crippen LogP contribution in [0.4, 0.5) is 5.69 Å². The summed E-state index contributed by atoms with van der Waals surface area (Å²) in [5, 5.41) is 11.1. The Morgan fingerprint density at radius 2 is 1.80 bits per heavy atom. The van der Waals surface area contributed by atoms with Crippen LogP contribution in [0.1, 0.15) is 12.5 Å². The quantitative estimate of drug-likeness (QED) is 0.189. The van der Waals surface area contributed by atoms with Crippen molar-refractivity contribution in [2.24, 2.45) is 4.99 Å². The van der Waals surface area contributed by atoms with E-state index in [0.717, 1.165) is 11.3 Å². The van der Waals surface area contributed by atoms with Gasteiger partial charge in [-0.15, -0.1) is 0 Å². The third kappa shape index (κ3) is 5.84. The molecule has 0 spiro atoms. The van der Waals surface area contributed by atoms with Crippen LogP contribution < -0.4 is 19.0 Å². The first kappa shape index (κ1) is 25.4. The van der Waals surface area contributed by atoms with Gasteiger partial charge < -0.3 is 23.5 Å². The van der Waals surface area contributed by atoms with Gasteiger partial charge in [0.1, 0.15) is 6.54 Å². The molecule has 0 aliphatic rings. The fourth-order valence-corrected chi connectivity index (χ4v) is 4.31. The molecule has 35 heavy (non-hydrogen) atoms. The van der Waals surface area contributed by atoms with Crippen molar-refractivity contribution in [3.63, 3.8) is 0 Å². The van der Waals surface area contributed by atoms with Gasteiger partial charge in [0.25, 0.3) is 11.6 Å². The second-order valence-corrected chi connectivity index (χ2v) is 7.94. The second-order valence-electron chi connectivity index (χ2n) is 6.93. The summed E-state index contributed by atoms with van der Waals surface area (Å²) in [7, 11) is 4.46. The summed E-state index contributed by atoms with van der Waals surface area (Å²) >= 11 is 1.06. The summed E-state index contributed by atoms with van der Waals surface area (Å²) in [6.45, 7) is 1.67. The Kier molecular flexibility index (Phi) is 8.21. The maximum atomic E-state index is 12.7. The predicted octanol–water partition coefficient (Wildman–Crippen LogP) is 3.34. The second kappa shape index (κ2) is 11.3. The number of rotatable bonds is 9. The van der Waals surface area contributed by atoms with E-state index in [1.807, 2.05) is 0 Å². The van der Waals surface area contributed by atoms with Gasteiger partial charge in [-0.25, -0.2) is 0 Å². The monoisotopic (exact) mass is 501 g/mol. The van der Waals surface area contributed by atoms with Crippen molar-refractivity contribution in [2.75, 3.05) is 27.9 Å². The zero-order valence-electron chi connectivity index (χ0n) is 19.5. The van der Waals surface area contributed by atoms with Gasteiger partial charge in [0.05, 0.1) is 43.1 Å². The molecule has 12 heteroatoms. The number of benzene rings is 2. The van der Waals surface area contributed by atoms with Crippen molar-refractivity contribution >= 4 is 45.2 Å². The molecule has 3 rings (SSSR count). The minimum Gasteiger partial charge on any atom is -0.493 e. The van der Waals surface area contributed by atoms with E-state index in [0.29, 0.717) is 33.0 Å². The number of hydrogen-bond donors (Lipinski definition) is 0. The average Bonchev–Trinajstić information content (AvgIpc) is 3.17. The topological polar surface area (TPSA) is 131 Å². The van der Waals surface area contributed by atoms with Gasteiger partial charge in [-0.2, -0.15) is 4.99 Å². The number of ether oxygens (including phenoxy) is 4. The number of thiazole rings is 1. The Balaban J connectivity index is 2.01. The fraction of sp³-hybridized carbons (Fsp3) is 0.261. The Morgan fingerprint density at radius 3 is 2.37 bits per heavy atom. The molecule has 0 radical (unpaired) electrons. The van der Waals surface area contributed by atoms with E-state index < -0.39 is 16.8 Å². The van der Waals surface area contributed by atoms with Crippen molar-refractivity contribution in [1.29, 1.82) is 0 Å². The van der Waals surface area contributed by atoms with E-state index in [9.17, 15) is 19.7 Å². The molecule has 1 amide bonds. The lowest BCUT2D eigenvalue weighted by Gasteiger charge is -2.12. The van der Waals surface area contributed by atoms with Crippen molar-refractivity contribution in [2.45, 2.75) is 13.5 Å². The lowest BCUT2D eigenvalue weighted by Crippen LogP contribution is -2.22. The van der Waals surface area contributed by atoms with Gasteiger partial charge in [0.2, 0.25) is 5.75 Å². The third-order valence-corrected chi connectivity index (χ3v) is 5.82. The number of hydrogen-bond acceptors (Lipinski definition) is 9. The fourth-order valence-electron chi connectivity index (χ4n) is 3.25. The van der Waals surface area contributed by atoms with Crippen molar-refractivity contribution in [1.82, 2.24) is 4.57 Å². The number of esters is 1. The lowest BCUT2D eigenvalue weighted by molar-refractivity contribution is -0.384. The van der Waals surface area contributed by atoms with E-state index in [-0.39, 0.29) is 23.6 Å². The molecule has 0 atom stereocenters. The number of non-ortho nitro benzene ring substituents is 1. The number of aromatic nitrogens is 1. The van der Waals surface area contributed by atoms with Gasteiger partial charge in [0.15, 0.2) is 16.3 Å². The Labute approximate surface area is 204 Å². The number of methoxy groups -OCH3 is 3. The number of nitro groups is 1. The highest BCUT2D eigenvalue weighted by molar-refractivity contribution is 7.16. The Bertz CT molecular complexity index is 1350. The molecule has 0 aliphatic carbocycles. The highest BCUT2D eigenvalue weighted by atomic mass is 32.1. The summed E-state index contributed by atoms with van der Waals surface area (Å²) in [5.41, 5.74) is 1.02. The van der Waals surface area contributed by atoms with Crippen LogP contribution in [0, 0.1) is 10.1 Å². The lowest BCUT2D eigenvalue weighted by atomic mass is 10.1. The van der Waals surface area contributed by atoms with Gasteiger partial charge >= 0.3 is 5.97 Å². The van der Waals surface area contributed by atoms with E-state index in [1.165, 1.54) is 56.2 Å². The maximum Gasteiger partial charge on any atom is 0.326 e. The van der Waals surface area contributed by atoms with Crippen LogP contribution in [0.3, 0.4) is 0 Å². The average molecular weight is 502 g/mol. The number of carbonyl (C=O) groups excluding carboxylic acids is 2. The summed E-state index contributed by atoms with van der Waals surface area (Å²) in [6, 6.07) is 7.55. The molecular weight excluding hydrogens is 478 g/mol. The number of nitrogens with zero attached hydrogens (tertiary/aromatic N) is 3. The van der Waals surface area contributed by atoms with Gasteiger partial charge in [-0.05, 0) is 36.8 Å². The molecule has 1 heterocycles. The minimum atomic E-state index is -0.600. The molecular formula is C23H23N3O8S. The zero-order valence-corrected chi connectivity index (χ0v) is 20.3. The number of fused-ring (bicyclic) bond motifs is 1. The number of carbonyl (C=O) groups is 2. The Hall–Kier alpha value is -4.19. The van der Waals surface area contributed by atoms with E-state index >= 15 is 0 Å². The molecule has 0 fully saturated rings. The van der Waals surface area contributed by atoms with Gasteiger partial charge in [0, 0.05) is 18.2 Å². The molecule has 11 nitrogen and oxygen atoms in total. The zero-order chi connectivity index (χ0) is 25.5.